The third-order valence-corrected chi connectivity index (χ3v) is 6.05. The lowest BCUT2D eigenvalue weighted by molar-refractivity contribution is 0.483. The van der Waals surface area contributed by atoms with Gasteiger partial charge in [-0.3, -0.25) is 9.89 Å². The molecule has 0 spiro atoms. The number of aromatic amines is 1. The minimum atomic E-state index is -3.03. The summed E-state index contributed by atoms with van der Waals surface area (Å²) in [6.07, 6.45) is 0.965. The second kappa shape index (κ2) is 5.59. The fraction of sp³-hybridized carbons (Fsp3) is 0.400. The van der Waals surface area contributed by atoms with Crippen molar-refractivity contribution in [3.05, 3.63) is 56.5 Å². The number of benzene rings is 1. The van der Waals surface area contributed by atoms with E-state index in [0.717, 1.165) is 11.3 Å². The number of H-pyrrole nitrogens is 1. The SMILES string of the molecule is Cc1[nH]n([C@H]2CCS(=O)(=O)C2)c(=O)c1Cc1cccc(Cl)c1. The molecule has 0 unspecified atom stereocenters. The Balaban J connectivity index is 1.92. The van der Waals surface area contributed by atoms with Crippen LogP contribution in [0.2, 0.25) is 5.02 Å². The average molecular weight is 341 g/mol. The number of hydrogen-bond acceptors (Lipinski definition) is 3. The summed E-state index contributed by atoms with van der Waals surface area (Å²) in [5.74, 6) is 0.176. The van der Waals surface area contributed by atoms with Gasteiger partial charge in [0.15, 0.2) is 9.84 Å². The van der Waals surface area contributed by atoms with E-state index < -0.39 is 9.84 Å². The van der Waals surface area contributed by atoms with Crippen LogP contribution in [-0.4, -0.2) is 29.7 Å². The quantitative estimate of drug-likeness (QED) is 0.929. The number of sulfone groups is 1. The number of nitrogens with one attached hydrogen (secondary N) is 1. The van der Waals surface area contributed by atoms with E-state index in [2.05, 4.69) is 5.10 Å². The standard InChI is InChI=1S/C15H17ClN2O3S/c1-10-14(8-11-3-2-4-12(16)7-11)15(19)18(17-10)13-5-6-22(20,21)9-13/h2-4,7,13,17H,5-6,8-9H2,1H3/t13-/m0/s1. The van der Waals surface area contributed by atoms with Crippen molar-refractivity contribution in [1.82, 2.24) is 9.78 Å². The van der Waals surface area contributed by atoms with Crippen LogP contribution in [0.25, 0.3) is 0 Å². The lowest BCUT2D eigenvalue weighted by atomic mass is 10.1. The van der Waals surface area contributed by atoms with Crippen LogP contribution >= 0.6 is 11.6 Å². The van der Waals surface area contributed by atoms with Gasteiger partial charge < -0.3 is 0 Å². The fourth-order valence-corrected chi connectivity index (χ4v) is 4.81. The lowest BCUT2D eigenvalue weighted by Crippen LogP contribution is -2.25. The molecule has 0 aliphatic carbocycles. The largest absolute Gasteiger partial charge is 0.299 e. The molecule has 0 saturated carbocycles. The molecule has 0 radical (unpaired) electrons. The summed E-state index contributed by atoms with van der Waals surface area (Å²) in [5.41, 5.74) is 2.25. The van der Waals surface area contributed by atoms with Gasteiger partial charge in [-0.2, -0.15) is 0 Å². The molecule has 1 aliphatic rings. The first-order valence-corrected chi connectivity index (χ1v) is 9.30. The molecule has 1 fully saturated rings. The Labute approximate surface area is 133 Å². The van der Waals surface area contributed by atoms with Crippen LogP contribution in [0.4, 0.5) is 0 Å². The Bertz CT molecular complexity index is 867. The highest BCUT2D eigenvalue weighted by atomic mass is 35.5. The van der Waals surface area contributed by atoms with Crippen LogP contribution in [-0.2, 0) is 16.3 Å². The van der Waals surface area contributed by atoms with Gasteiger partial charge in [0.25, 0.3) is 5.56 Å². The third-order valence-electron chi connectivity index (χ3n) is 4.06. The van der Waals surface area contributed by atoms with Crippen LogP contribution in [0.1, 0.15) is 29.3 Å². The summed E-state index contributed by atoms with van der Waals surface area (Å²) < 4.78 is 24.7. The van der Waals surface area contributed by atoms with E-state index in [0.29, 0.717) is 23.4 Å². The highest BCUT2D eigenvalue weighted by molar-refractivity contribution is 7.91. The molecule has 5 nitrogen and oxygen atoms in total. The van der Waals surface area contributed by atoms with Crippen molar-refractivity contribution in [2.75, 3.05) is 11.5 Å². The van der Waals surface area contributed by atoms with E-state index in [4.69, 9.17) is 11.6 Å². The maximum absolute atomic E-state index is 12.6. The third kappa shape index (κ3) is 2.98. The maximum Gasteiger partial charge on any atom is 0.270 e. The van der Waals surface area contributed by atoms with Crippen molar-refractivity contribution in [2.24, 2.45) is 0 Å². The van der Waals surface area contributed by atoms with E-state index in [1.54, 1.807) is 6.07 Å². The molecule has 1 aliphatic heterocycles. The molecule has 0 amide bonds. The molecule has 1 atom stereocenters. The molecule has 22 heavy (non-hydrogen) atoms. The van der Waals surface area contributed by atoms with Crippen LogP contribution in [0.3, 0.4) is 0 Å². The van der Waals surface area contributed by atoms with Gasteiger partial charge in [-0.25, -0.2) is 13.1 Å². The highest BCUT2D eigenvalue weighted by Gasteiger charge is 2.31. The number of hydrogen-bond donors (Lipinski definition) is 1. The van der Waals surface area contributed by atoms with Crippen molar-refractivity contribution in [3.8, 4) is 0 Å². The molecular formula is C15H17ClN2O3S. The number of aromatic nitrogens is 2. The molecule has 118 valence electrons. The molecule has 1 aromatic carbocycles. The predicted octanol–water partition coefficient (Wildman–Crippen LogP) is 2.09. The summed E-state index contributed by atoms with van der Waals surface area (Å²) in [5, 5.41) is 3.67. The normalized spacial score (nSPS) is 20.4. The first-order chi connectivity index (χ1) is 10.4. The molecule has 1 saturated heterocycles. The molecule has 1 aromatic heterocycles. The fourth-order valence-electron chi connectivity index (χ4n) is 2.90. The zero-order valence-corrected chi connectivity index (χ0v) is 13.7. The second-order valence-electron chi connectivity index (χ2n) is 5.75. The summed E-state index contributed by atoms with van der Waals surface area (Å²) in [6, 6.07) is 7.10. The Morgan fingerprint density at radius 2 is 2.18 bits per heavy atom. The number of halogens is 1. The monoisotopic (exact) mass is 340 g/mol. The Morgan fingerprint density at radius 1 is 1.41 bits per heavy atom. The van der Waals surface area contributed by atoms with Gasteiger partial charge in [0, 0.05) is 22.7 Å². The van der Waals surface area contributed by atoms with E-state index in [1.165, 1.54) is 4.68 Å². The van der Waals surface area contributed by atoms with Gasteiger partial charge in [-0.1, -0.05) is 23.7 Å². The van der Waals surface area contributed by atoms with Crippen molar-refractivity contribution in [1.29, 1.82) is 0 Å². The zero-order chi connectivity index (χ0) is 15.9. The van der Waals surface area contributed by atoms with Crippen LogP contribution in [0, 0.1) is 6.92 Å². The van der Waals surface area contributed by atoms with E-state index >= 15 is 0 Å². The van der Waals surface area contributed by atoms with Crippen molar-refractivity contribution in [3.63, 3.8) is 0 Å². The first kappa shape index (κ1) is 15.4. The smallest absolute Gasteiger partial charge is 0.270 e. The molecule has 2 aromatic rings. The first-order valence-electron chi connectivity index (χ1n) is 7.10. The lowest BCUT2D eigenvalue weighted by Gasteiger charge is -2.07. The highest BCUT2D eigenvalue weighted by Crippen LogP contribution is 2.23. The van der Waals surface area contributed by atoms with Gasteiger partial charge in [0.2, 0.25) is 0 Å². The average Bonchev–Trinajstić information content (AvgIpc) is 2.93. The van der Waals surface area contributed by atoms with Gasteiger partial charge in [0.05, 0.1) is 17.5 Å². The van der Waals surface area contributed by atoms with Crippen LogP contribution in [0.15, 0.2) is 29.1 Å². The van der Waals surface area contributed by atoms with Gasteiger partial charge in [-0.05, 0) is 31.0 Å². The maximum atomic E-state index is 12.6. The zero-order valence-electron chi connectivity index (χ0n) is 12.2. The van der Waals surface area contributed by atoms with Crippen LogP contribution in [0.5, 0.6) is 0 Å². The summed E-state index contributed by atoms with van der Waals surface area (Å²) >= 11 is 5.97. The molecule has 3 rings (SSSR count). The topological polar surface area (TPSA) is 71.9 Å². The minimum absolute atomic E-state index is 0.0312. The summed E-state index contributed by atoms with van der Waals surface area (Å²) in [7, 11) is -3.03. The van der Waals surface area contributed by atoms with E-state index in [1.807, 2.05) is 25.1 Å². The minimum Gasteiger partial charge on any atom is -0.299 e. The Kier molecular flexibility index (Phi) is 3.91. The molecule has 0 bridgehead atoms. The van der Waals surface area contributed by atoms with Crippen LogP contribution < -0.4 is 5.56 Å². The summed E-state index contributed by atoms with van der Waals surface area (Å²) in [4.78, 5) is 12.6. The molecular weight excluding hydrogens is 324 g/mol. The summed E-state index contributed by atoms with van der Waals surface area (Å²) in [6.45, 7) is 1.83. The van der Waals surface area contributed by atoms with Gasteiger partial charge in [0.1, 0.15) is 0 Å². The van der Waals surface area contributed by atoms with Gasteiger partial charge >= 0.3 is 0 Å². The van der Waals surface area contributed by atoms with Crippen molar-refractivity contribution in [2.45, 2.75) is 25.8 Å². The molecule has 1 N–H and O–H groups in total. The van der Waals surface area contributed by atoms with E-state index in [-0.39, 0.29) is 23.1 Å². The molecule has 7 heteroatoms. The predicted molar refractivity (Wildman–Crippen MR) is 86.4 cm³/mol. The van der Waals surface area contributed by atoms with Gasteiger partial charge in [-0.15, -0.1) is 0 Å². The molecule has 2 heterocycles. The number of nitrogens with zero attached hydrogens (tertiary/aromatic N) is 1. The number of aryl methyl sites for hydroxylation is 1. The van der Waals surface area contributed by atoms with Crippen molar-refractivity contribution < 1.29 is 8.42 Å². The second-order valence-corrected chi connectivity index (χ2v) is 8.42. The Hall–Kier alpha value is -1.53. The van der Waals surface area contributed by atoms with E-state index in [9.17, 15) is 13.2 Å². The van der Waals surface area contributed by atoms with Crippen molar-refractivity contribution >= 4 is 21.4 Å². The number of rotatable bonds is 3. The Morgan fingerprint density at radius 3 is 2.82 bits per heavy atom.